The predicted molar refractivity (Wildman–Crippen MR) is 74.0 cm³/mol. The van der Waals surface area contributed by atoms with Crippen LogP contribution in [0.4, 0.5) is 13.2 Å². The first-order chi connectivity index (χ1) is 9.49. The van der Waals surface area contributed by atoms with Gasteiger partial charge >= 0.3 is 6.18 Å². The largest absolute Gasteiger partial charge is 0.494 e. The average Bonchev–Trinajstić information content (AvgIpc) is 2.39. The lowest BCUT2D eigenvalue weighted by Gasteiger charge is -2.10. The number of hydrogen-bond acceptors (Lipinski definition) is 4. The van der Waals surface area contributed by atoms with Gasteiger partial charge in [0.2, 0.25) is 0 Å². The SMILES string of the molecule is CCCSON=C(c1ccc(OCC)cc1)C(F)(F)F. The Hall–Kier alpha value is -1.37. The van der Waals surface area contributed by atoms with Crippen LogP contribution in [0.2, 0.25) is 0 Å². The summed E-state index contributed by atoms with van der Waals surface area (Å²) in [6.45, 7) is 4.16. The van der Waals surface area contributed by atoms with Gasteiger partial charge in [0.15, 0.2) is 5.71 Å². The molecule has 0 N–H and O–H groups in total. The van der Waals surface area contributed by atoms with E-state index in [1.54, 1.807) is 6.92 Å². The minimum absolute atomic E-state index is 0.0574. The zero-order valence-electron chi connectivity index (χ0n) is 11.2. The maximum Gasteiger partial charge on any atom is 0.437 e. The number of benzene rings is 1. The molecule has 0 unspecified atom stereocenters. The van der Waals surface area contributed by atoms with E-state index in [1.165, 1.54) is 24.3 Å². The molecule has 0 saturated heterocycles. The van der Waals surface area contributed by atoms with Crippen LogP contribution in [0.15, 0.2) is 29.4 Å². The molecule has 112 valence electrons. The van der Waals surface area contributed by atoms with Gasteiger partial charge in [-0.05, 0) is 37.6 Å². The van der Waals surface area contributed by atoms with Gasteiger partial charge in [-0.3, -0.25) is 0 Å². The number of oxime groups is 1. The van der Waals surface area contributed by atoms with Crippen LogP contribution in [0.3, 0.4) is 0 Å². The third-order valence-electron chi connectivity index (χ3n) is 2.18. The maximum absolute atomic E-state index is 12.9. The second-order valence-electron chi connectivity index (χ2n) is 3.79. The highest BCUT2D eigenvalue weighted by molar-refractivity contribution is 7.94. The monoisotopic (exact) mass is 307 g/mol. The predicted octanol–water partition coefficient (Wildman–Crippen LogP) is 4.43. The molecule has 3 nitrogen and oxygen atoms in total. The lowest BCUT2D eigenvalue weighted by molar-refractivity contribution is -0.0596. The minimum Gasteiger partial charge on any atom is -0.494 e. The average molecular weight is 307 g/mol. The van der Waals surface area contributed by atoms with E-state index in [4.69, 9.17) is 4.74 Å². The summed E-state index contributed by atoms with van der Waals surface area (Å²) in [5.74, 6) is 1.09. The molecule has 20 heavy (non-hydrogen) atoms. The smallest absolute Gasteiger partial charge is 0.437 e. The molecule has 1 aromatic rings. The van der Waals surface area contributed by atoms with Crippen molar-refractivity contribution in [2.45, 2.75) is 26.4 Å². The van der Waals surface area contributed by atoms with Gasteiger partial charge in [0.05, 0.1) is 18.6 Å². The Morgan fingerprint density at radius 1 is 1.20 bits per heavy atom. The van der Waals surface area contributed by atoms with Crippen LogP contribution in [0.5, 0.6) is 5.75 Å². The van der Waals surface area contributed by atoms with Crippen molar-refractivity contribution in [3.8, 4) is 5.75 Å². The van der Waals surface area contributed by atoms with Crippen molar-refractivity contribution in [3.63, 3.8) is 0 Å². The number of halogens is 3. The molecule has 0 aliphatic heterocycles. The number of hydrogen-bond donors (Lipinski definition) is 0. The van der Waals surface area contributed by atoms with E-state index in [0.29, 0.717) is 18.1 Å². The quantitative estimate of drug-likeness (QED) is 0.323. The van der Waals surface area contributed by atoms with E-state index in [1.807, 2.05) is 6.92 Å². The summed E-state index contributed by atoms with van der Waals surface area (Å²) in [5, 5.41) is 3.19. The third-order valence-corrected chi connectivity index (χ3v) is 2.93. The Bertz CT molecular complexity index is 432. The normalized spacial score (nSPS) is 12.3. The molecule has 0 saturated carbocycles. The second-order valence-corrected chi connectivity index (χ2v) is 4.58. The summed E-state index contributed by atoms with van der Waals surface area (Å²) in [7, 11) is 0. The van der Waals surface area contributed by atoms with Crippen molar-refractivity contribution >= 4 is 17.8 Å². The molecule has 0 heterocycles. The fraction of sp³-hybridized carbons (Fsp3) is 0.462. The molecule has 0 aliphatic carbocycles. The highest BCUT2D eigenvalue weighted by Gasteiger charge is 2.38. The van der Waals surface area contributed by atoms with Crippen LogP contribution in [0.25, 0.3) is 0 Å². The Morgan fingerprint density at radius 3 is 2.35 bits per heavy atom. The van der Waals surface area contributed by atoms with Crippen LogP contribution in [0, 0.1) is 0 Å². The number of alkyl halides is 3. The fourth-order valence-electron chi connectivity index (χ4n) is 1.33. The van der Waals surface area contributed by atoms with Crippen molar-refractivity contribution in [1.82, 2.24) is 0 Å². The van der Waals surface area contributed by atoms with E-state index in [9.17, 15) is 13.2 Å². The first-order valence-corrected chi connectivity index (χ1v) is 7.07. The topological polar surface area (TPSA) is 30.8 Å². The molecule has 0 aromatic heterocycles. The Balaban J connectivity index is 2.87. The number of ether oxygens (including phenoxy) is 1. The molecule has 0 aliphatic rings. The van der Waals surface area contributed by atoms with Crippen LogP contribution in [-0.2, 0) is 4.28 Å². The summed E-state index contributed by atoms with van der Waals surface area (Å²) in [4.78, 5) is 0. The van der Waals surface area contributed by atoms with Crippen molar-refractivity contribution in [3.05, 3.63) is 29.8 Å². The highest BCUT2D eigenvalue weighted by atomic mass is 32.2. The molecule has 1 rings (SSSR count). The van der Waals surface area contributed by atoms with Gasteiger partial charge in [0.25, 0.3) is 0 Å². The Kier molecular flexibility index (Phi) is 6.70. The number of nitrogens with zero attached hydrogens (tertiary/aromatic N) is 1. The molecule has 0 amide bonds. The van der Waals surface area contributed by atoms with Gasteiger partial charge in [-0.1, -0.05) is 12.1 Å². The van der Waals surface area contributed by atoms with Crippen LogP contribution in [0.1, 0.15) is 25.8 Å². The van der Waals surface area contributed by atoms with Crippen molar-refractivity contribution in [2.75, 3.05) is 12.4 Å². The van der Waals surface area contributed by atoms with Gasteiger partial charge < -0.3 is 9.02 Å². The van der Waals surface area contributed by atoms with Crippen molar-refractivity contribution in [1.29, 1.82) is 0 Å². The summed E-state index contributed by atoms with van der Waals surface area (Å²) in [6, 6.07) is 5.56. The molecule has 0 atom stereocenters. The van der Waals surface area contributed by atoms with Crippen LogP contribution in [-0.4, -0.2) is 24.2 Å². The molecule has 0 radical (unpaired) electrons. The first-order valence-electron chi connectivity index (χ1n) is 6.16. The van der Waals surface area contributed by atoms with Gasteiger partial charge in [0, 0.05) is 11.3 Å². The fourth-order valence-corrected chi connectivity index (χ4v) is 1.70. The lowest BCUT2D eigenvalue weighted by atomic mass is 10.1. The summed E-state index contributed by atoms with van der Waals surface area (Å²) >= 11 is 0.891. The lowest BCUT2D eigenvalue weighted by Crippen LogP contribution is -2.24. The van der Waals surface area contributed by atoms with Crippen molar-refractivity contribution in [2.24, 2.45) is 5.16 Å². The molecular weight excluding hydrogens is 291 g/mol. The summed E-state index contributed by atoms with van der Waals surface area (Å²) in [5.41, 5.74) is -1.11. The van der Waals surface area contributed by atoms with E-state index in [0.717, 1.165) is 18.5 Å². The molecular formula is C13H16F3NO2S. The van der Waals surface area contributed by atoms with Crippen LogP contribution < -0.4 is 4.74 Å². The zero-order chi connectivity index (χ0) is 15.0. The molecule has 0 bridgehead atoms. The first kappa shape index (κ1) is 16.7. The van der Waals surface area contributed by atoms with E-state index in [-0.39, 0.29) is 5.56 Å². The minimum atomic E-state index is -4.57. The van der Waals surface area contributed by atoms with Gasteiger partial charge in [-0.2, -0.15) is 13.2 Å². The Labute approximate surface area is 120 Å². The maximum atomic E-state index is 12.9. The second kappa shape index (κ2) is 8.04. The highest BCUT2D eigenvalue weighted by Crippen LogP contribution is 2.25. The molecule has 1 aromatic carbocycles. The van der Waals surface area contributed by atoms with E-state index >= 15 is 0 Å². The standard InChI is InChI=1S/C13H16F3NO2S/c1-3-9-20-19-17-12(13(14,15)16)10-5-7-11(8-6-10)18-4-2/h5-8H,3-4,9H2,1-2H3. The van der Waals surface area contributed by atoms with Crippen molar-refractivity contribution < 1.29 is 22.2 Å². The third kappa shape index (κ3) is 5.32. The van der Waals surface area contributed by atoms with Crippen LogP contribution >= 0.6 is 12.0 Å². The number of rotatable bonds is 7. The summed E-state index contributed by atoms with van der Waals surface area (Å²) < 4.78 is 48.6. The van der Waals surface area contributed by atoms with E-state index < -0.39 is 11.9 Å². The van der Waals surface area contributed by atoms with Gasteiger partial charge in [-0.15, -0.1) is 0 Å². The van der Waals surface area contributed by atoms with E-state index in [2.05, 4.69) is 9.44 Å². The molecule has 7 heteroatoms. The van der Waals surface area contributed by atoms with Gasteiger partial charge in [0.1, 0.15) is 5.75 Å². The summed E-state index contributed by atoms with van der Waals surface area (Å²) in [6.07, 6.45) is -3.77. The zero-order valence-corrected chi connectivity index (χ0v) is 12.1. The molecule has 0 fully saturated rings. The Morgan fingerprint density at radius 2 is 1.85 bits per heavy atom. The van der Waals surface area contributed by atoms with Gasteiger partial charge in [-0.25, -0.2) is 0 Å². The molecule has 0 spiro atoms.